The number of carbonyl (C=O) groups is 1. The Balaban J connectivity index is 1.58. The molecule has 6 nitrogen and oxygen atoms in total. The van der Waals surface area contributed by atoms with Crippen molar-refractivity contribution in [2.24, 2.45) is 13.0 Å². The predicted octanol–water partition coefficient (Wildman–Crippen LogP) is 3.74. The average molecular weight is 424 g/mol. The molecule has 0 atom stereocenters. The molecule has 1 heterocycles. The smallest absolute Gasteiger partial charge is 0.354 e. The van der Waals surface area contributed by atoms with Gasteiger partial charge in [0.15, 0.2) is 5.82 Å². The first-order valence-electron chi connectivity index (χ1n) is 10.3. The molecule has 9 heteroatoms. The van der Waals surface area contributed by atoms with Crippen molar-refractivity contribution < 1.29 is 18.0 Å². The molecule has 1 fully saturated rings. The number of rotatable bonds is 7. The number of nitrogens with one attached hydrogen (secondary N) is 1. The van der Waals surface area contributed by atoms with Gasteiger partial charge in [-0.2, -0.15) is 13.2 Å². The summed E-state index contributed by atoms with van der Waals surface area (Å²) in [7, 11) is 1.46. The van der Waals surface area contributed by atoms with Crippen LogP contribution in [-0.2, 0) is 24.6 Å². The second-order valence-corrected chi connectivity index (χ2v) is 7.86. The maximum Gasteiger partial charge on any atom is 0.416 e. The van der Waals surface area contributed by atoms with Gasteiger partial charge in [-0.05, 0) is 24.5 Å². The summed E-state index contributed by atoms with van der Waals surface area (Å²) in [6, 6.07) is 4.71. The zero-order chi connectivity index (χ0) is 21.7. The minimum Gasteiger partial charge on any atom is -0.354 e. The second-order valence-electron chi connectivity index (χ2n) is 7.86. The van der Waals surface area contributed by atoms with Crippen molar-refractivity contribution >= 4 is 5.91 Å². The van der Waals surface area contributed by atoms with E-state index in [1.54, 1.807) is 0 Å². The van der Waals surface area contributed by atoms with Gasteiger partial charge in [-0.1, -0.05) is 44.2 Å². The third-order valence-corrected chi connectivity index (χ3v) is 5.64. The fourth-order valence-electron chi connectivity index (χ4n) is 3.92. The van der Waals surface area contributed by atoms with Crippen LogP contribution in [0.4, 0.5) is 13.2 Å². The Morgan fingerprint density at radius 2 is 1.97 bits per heavy atom. The van der Waals surface area contributed by atoms with Gasteiger partial charge >= 0.3 is 11.9 Å². The quantitative estimate of drug-likeness (QED) is 0.736. The van der Waals surface area contributed by atoms with Crippen molar-refractivity contribution in [2.45, 2.75) is 57.7 Å². The number of benzene rings is 1. The second kappa shape index (κ2) is 9.49. The highest BCUT2D eigenvalue weighted by Crippen LogP contribution is 2.31. The van der Waals surface area contributed by atoms with E-state index in [9.17, 15) is 22.8 Å². The van der Waals surface area contributed by atoms with Gasteiger partial charge in [0.25, 0.3) is 0 Å². The third-order valence-electron chi connectivity index (χ3n) is 5.64. The molecule has 0 spiro atoms. The Hall–Kier alpha value is -2.58. The lowest BCUT2D eigenvalue weighted by Crippen LogP contribution is -2.31. The zero-order valence-electron chi connectivity index (χ0n) is 17.0. The third kappa shape index (κ3) is 5.52. The number of carbonyl (C=O) groups excluding carboxylic acids is 1. The zero-order valence-corrected chi connectivity index (χ0v) is 17.0. The van der Waals surface area contributed by atoms with Gasteiger partial charge in [-0.25, -0.2) is 9.48 Å². The molecule has 1 amide bonds. The van der Waals surface area contributed by atoms with Crippen LogP contribution in [0.15, 0.2) is 29.1 Å². The molecule has 30 heavy (non-hydrogen) atoms. The number of alkyl halides is 3. The summed E-state index contributed by atoms with van der Waals surface area (Å²) in [5.41, 5.74) is -1.04. The molecular formula is C21H27F3N4O2. The lowest BCUT2D eigenvalue weighted by molar-refractivity contribution is -0.137. The van der Waals surface area contributed by atoms with E-state index >= 15 is 0 Å². The van der Waals surface area contributed by atoms with Crippen molar-refractivity contribution in [3.8, 4) is 11.4 Å². The van der Waals surface area contributed by atoms with Gasteiger partial charge in [0.05, 0.1) is 12.1 Å². The number of hydrogen-bond acceptors (Lipinski definition) is 3. The lowest BCUT2D eigenvalue weighted by Gasteiger charge is -2.20. The van der Waals surface area contributed by atoms with Crippen molar-refractivity contribution in [1.82, 2.24) is 19.7 Å². The topological polar surface area (TPSA) is 68.9 Å². The normalized spacial score (nSPS) is 15.3. The number of aromatic nitrogens is 3. The molecule has 0 aliphatic heterocycles. The number of nitrogens with zero attached hydrogens (tertiary/aromatic N) is 3. The van der Waals surface area contributed by atoms with Crippen LogP contribution in [0, 0.1) is 5.92 Å². The Morgan fingerprint density at radius 3 is 2.67 bits per heavy atom. The van der Waals surface area contributed by atoms with Crippen molar-refractivity contribution in [3.63, 3.8) is 0 Å². The van der Waals surface area contributed by atoms with E-state index in [4.69, 9.17) is 0 Å². The largest absolute Gasteiger partial charge is 0.416 e. The number of amides is 1. The van der Waals surface area contributed by atoms with Crippen LogP contribution in [0.25, 0.3) is 11.4 Å². The average Bonchev–Trinajstić information content (AvgIpc) is 3.01. The summed E-state index contributed by atoms with van der Waals surface area (Å²) >= 11 is 0. The molecule has 3 rings (SSSR count). The van der Waals surface area contributed by atoms with Crippen LogP contribution in [0.2, 0.25) is 0 Å². The molecule has 0 saturated heterocycles. The first-order chi connectivity index (χ1) is 14.3. The molecule has 1 aromatic heterocycles. The molecule has 1 saturated carbocycles. The summed E-state index contributed by atoms with van der Waals surface area (Å²) in [4.78, 5) is 24.4. The highest BCUT2D eigenvalue weighted by molar-refractivity contribution is 5.75. The Bertz CT molecular complexity index is 927. The van der Waals surface area contributed by atoms with E-state index in [2.05, 4.69) is 10.4 Å². The Morgan fingerprint density at radius 1 is 1.23 bits per heavy atom. The lowest BCUT2D eigenvalue weighted by atomic mass is 9.86. The number of hydrogen-bond donors (Lipinski definition) is 1. The summed E-state index contributed by atoms with van der Waals surface area (Å²) < 4.78 is 41.2. The molecule has 1 aliphatic rings. The molecule has 0 unspecified atom stereocenters. The Labute approximate surface area is 173 Å². The van der Waals surface area contributed by atoms with Crippen LogP contribution in [0.3, 0.4) is 0 Å². The monoisotopic (exact) mass is 424 g/mol. The van der Waals surface area contributed by atoms with Gasteiger partial charge in [0.1, 0.15) is 0 Å². The summed E-state index contributed by atoms with van der Waals surface area (Å²) in [5.74, 6) is 0.718. The van der Waals surface area contributed by atoms with Gasteiger partial charge in [0, 0.05) is 25.6 Å². The van der Waals surface area contributed by atoms with E-state index < -0.39 is 17.4 Å². The van der Waals surface area contributed by atoms with Crippen LogP contribution in [0.5, 0.6) is 0 Å². The molecular weight excluding hydrogens is 397 g/mol. The van der Waals surface area contributed by atoms with Gasteiger partial charge < -0.3 is 5.32 Å². The van der Waals surface area contributed by atoms with E-state index in [0.717, 1.165) is 23.2 Å². The van der Waals surface area contributed by atoms with Crippen LogP contribution >= 0.6 is 0 Å². The first-order valence-corrected chi connectivity index (χ1v) is 10.3. The molecule has 0 radical (unpaired) electrons. The molecule has 0 bridgehead atoms. The fourth-order valence-corrected chi connectivity index (χ4v) is 3.92. The molecule has 164 valence electrons. The highest BCUT2D eigenvalue weighted by Gasteiger charge is 2.31. The van der Waals surface area contributed by atoms with Crippen LogP contribution < -0.4 is 11.0 Å². The summed E-state index contributed by atoms with van der Waals surface area (Å²) in [6.07, 6.45) is 3.02. The molecule has 1 N–H and O–H groups in total. The van der Waals surface area contributed by atoms with E-state index in [-0.39, 0.29) is 30.4 Å². The van der Waals surface area contributed by atoms with Crippen molar-refractivity contribution in [3.05, 3.63) is 40.3 Å². The maximum atomic E-state index is 13.0. The van der Waals surface area contributed by atoms with E-state index in [1.807, 2.05) is 0 Å². The van der Waals surface area contributed by atoms with E-state index in [0.29, 0.717) is 12.3 Å². The summed E-state index contributed by atoms with van der Waals surface area (Å²) in [5, 5.41) is 6.97. The minimum atomic E-state index is -4.47. The fraction of sp³-hybridized carbons (Fsp3) is 0.571. The SMILES string of the molecule is Cn1c(-c2cccc(C(F)(F)F)c2)nn(CCNC(=O)CCC2CCCCC2)c1=O. The highest BCUT2D eigenvalue weighted by atomic mass is 19.4. The van der Waals surface area contributed by atoms with Crippen LogP contribution in [-0.4, -0.2) is 26.8 Å². The predicted molar refractivity (Wildman–Crippen MR) is 107 cm³/mol. The maximum absolute atomic E-state index is 13.0. The van der Waals surface area contributed by atoms with Crippen molar-refractivity contribution in [2.75, 3.05) is 6.54 Å². The molecule has 1 aromatic carbocycles. The first kappa shape index (κ1) is 22.1. The number of halogens is 3. The van der Waals surface area contributed by atoms with Gasteiger partial charge in [-0.3, -0.25) is 9.36 Å². The minimum absolute atomic E-state index is 0.0531. The van der Waals surface area contributed by atoms with Gasteiger partial charge in [0.2, 0.25) is 5.91 Å². The van der Waals surface area contributed by atoms with Crippen LogP contribution in [0.1, 0.15) is 50.5 Å². The Kier molecular flexibility index (Phi) is 6.99. The van der Waals surface area contributed by atoms with Gasteiger partial charge in [-0.15, -0.1) is 5.10 Å². The van der Waals surface area contributed by atoms with E-state index in [1.165, 1.54) is 55.9 Å². The van der Waals surface area contributed by atoms with Crippen molar-refractivity contribution in [1.29, 1.82) is 0 Å². The molecule has 2 aromatic rings. The molecule has 1 aliphatic carbocycles. The summed E-state index contributed by atoms with van der Waals surface area (Å²) in [6.45, 7) is 0.392. The standard InChI is InChI=1S/C21H27F3N4O2/c1-27-19(16-8-5-9-17(14-16)21(22,23)24)26-28(20(27)30)13-12-25-18(29)11-10-15-6-3-2-4-7-15/h5,8-9,14-15H,2-4,6-7,10-13H2,1H3,(H,25,29).